The predicted octanol–water partition coefficient (Wildman–Crippen LogP) is 3.56. The number of fused-ring (bicyclic) bond motifs is 2. The lowest BCUT2D eigenvalue weighted by molar-refractivity contribution is -0.138. The van der Waals surface area contributed by atoms with Crippen LogP contribution in [0.25, 0.3) is 0 Å². The molecule has 0 fully saturated rings. The van der Waals surface area contributed by atoms with Gasteiger partial charge in [0.15, 0.2) is 0 Å². The Hall–Kier alpha value is -1.74. The van der Waals surface area contributed by atoms with Gasteiger partial charge in [-0.3, -0.25) is 4.79 Å². The highest BCUT2D eigenvalue weighted by Gasteiger charge is 2.27. The number of hydrogen-bond acceptors (Lipinski definition) is 2. The zero-order valence-corrected chi connectivity index (χ0v) is 10.5. The van der Waals surface area contributed by atoms with Gasteiger partial charge in [-0.25, -0.2) is 0 Å². The van der Waals surface area contributed by atoms with Crippen molar-refractivity contribution in [3.8, 4) is 0 Å². The number of benzene rings is 2. The van der Waals surface area contributed by atoms with E-state index in [0.717, 1.165) is 20.9 Å². The van der Waals surface area contributed by atoms with Crippen molar-refractivity contribution in [2.45, 2.75) is 22.1 Å². The third kappa shape index (κ3) is 1.91. The van der Waals surface area contributed by atoms with Crippen LogP contribution in [0.1, 0.15) is 17.0 Å². The van der Waals surface area contributed by atoms with E-state index in [1.165, 1.54) is 0 Å². The van der Waals surface area contributed by atoms with Crippen LogP contribution in [-0.2, 0) is 11.2 Å². The molecule has 3 rings (SSSR count). The van der Waals surface area contributed by atoms with Gasteiger partial charge in [-0.05, 0) is 29.7 Å². The fourth-order valence-electron chi connectivity index (χ4n) is 2.30. The molecule has 0 aliphatic carbocycles. The highest BCUT2D eigenvalue weighted by atomic mass is 32.2. The normalized spacial score (nSPS) is 17.4. The van der Waals surface area contributed by atoms with Gasteiger partial charge >= 0.3 is 5.97 Å². The number of rotatable bonds is 1. The van der Waals surface area contributed by atoms with Gasteiger partial charge in [0.25, 0.3) is 0 Å². The summed E-state index contributed by atoms with van der Waals surface area (Å²) in [5.41, 5.74) is 2.04. The van der Waals surface area contributed by atoms with Crippen molar-refractivity contribution in [3.05, 3.63) is 59.7 Å². The lowest BCUT2D eigenvalue weighted by Crippen LogP contribution is -2.14. The first-order valence-electron chi connectivity index (χ1n) is 5.83. The maximum absolute atomic E-state index is 11.5. The molecule has 2 aromatic rings. The van der Waals surface area contributed by atoms with Crippen LogP contribution in [-0.4, -0.2) is 11.1 Å². The van der Waals surface area contributed by atoms with Gasteiger partial charge in [0.05, 0.1) is 5.92 Å². The van der Waals surface area contributed by atoms with E-state index < -0.39 is 11.9 Å². The van der Waals surface area contributed by atoms with E-state index in [2.05, 4.69) is 6.07 Å². The van der Waals surface area contributed by atoms with E-state index >= 15 is 0 Å². The van der Waals surface area contributed by atoms with Gasteiger partial charge in [-0.15, -0.1) is 0 Å². The lowest BCUT2D eigenvalue weighted by atomic mass is 9.92. The standard InChI is InChI=1S/C15H12O2S/c16-15(17)12-9-10-5-1-3-7-13(10)18-14-8-4-2-6-11(12)14/h1-8,12H,9H2,(H,16,17). The predicted molar refractivity (Wildman–Crippen MR) is 71.1 cm³/mol. The van der Waals surface area contributed by atoms with E-state index in [9.17, 15) is 9.90 Å². The van der Waals surface area contributed by atoms with Crippen LogP contribution in [0.3, 0.4) is 0 Å². The Kier molecular flexibility index (Phi) is 2.84. The summed E-state index contributed by atoms with van der Waals surface area (Å²) in [5, 5.41) is 9.43. The minimum absolute atomic E-state index is 0.447. The Balaban J connectivity index is 2.17. The first-order chi connectivity index (χ1) is 8.75. The van der Waals surface area contributed by atoms with Crippen molar-refractivity contribution >= 4 is 17.7 Å². The summed E-state index contributed by atoms with van der Waals surface area (Å²) >= 11 is 1.66. The minimum atomic E-state index is -0.750. The number of carbonyl (C=O) groups is 1. The van der Waals surface area contributed by atoms with Crippen LogP contribution in [0.4, 0.5) is 0 Å². The Morgan fingerprint density at radius 2 is 1.72 bits per heavy atom. The molecule has 1 N–H and O–H groups in total. The number of aliphatic carboxylic acids is 1. The molecule has 1 aliphatic heterocycles. The number of carboxylic acid groups (broad SMARTS) is 1. The van der Waals surface area contributed by atoms with E-state index in [1.807, 2.05) is 42.5 Å². The topological polar surface area (TPSA) is 37.3 Å². The molecule has 0 saturated carbocycles. The zero-order chi connectivity index (χ0) is 12.5. The molecule has 0 spiro atoms. The first-order valence-corrected chi connectivity index (χ1v) is 6.65. The van der Waals surface area contributed by atoms with E-state index in [1.54, 1.807) is 11.8 Å². The highest BCUT2D eigenvalue weighted by Crippen LogP contribution is 2.41. The van der Waals surface area contributed by atoms with Gasteiger partial charge in [-0.2, -0.15) is 0 Å². The zero-order valence-electron chi connectivity index (χ0n) is 9.67. The van der Waals surface area contributed by atoms with E-state index in [4.69, 9.17) is 0 Å². The maximum Gasteiger partial charge on any atom is 0.311 e. The molecular formula is C15H12O2S. The Morgan fingerprint density at radius 1 is 1.06 bits per heavy atom. The summed E-state index contributed by atoms with van der Waals surface area (Å²) in [6, 6.07) is 15.8. The first kappa shape index (κ1) is 11.4. The second-order valence-corrected chi connectivity index (χ2v) is 5.43. The van der Waals surface area contributed by atoms with Crippen molar-refractivity contribution in [3.63, 3.8) is 0 Å². The van der Waals surface area contributed by atoms with E-state index in [0.29, 0.717) is 6.42 Å². The van der Waals surface area contributed by atoms with Gasteiger partial charge in [0.2, 0.25) is 0 Å². The Bertz CT molecular complexity index is 607. The summed E-state index contributed by atoms with van der Waals surface area (Å²) in [7, 11) is 0. The Morgan fingerprint density at radius 3 is 2.50 bits per heavy atom. The van der Waals surface area contributed by atoms with Crippen LogP contribution >= 0.6 is 11.8 Å². The SMILES string of the molecule is O=C(O)C1Cc2ccccc2Sc2ccccc21. The summed E-state index contributed by atoms with van der Waals surface area (Å²) in [6.07, 6.45) is 0.565. The summed E-state index contributed by atoms with van der Waals surface area (Å²) < 4.78 is 0. The summed E-state index contributed by atoms with van der Waals surface area (Å²) in [6.45, 7) is 0. The number of hydrogen-bond donors (Lipinski definition) is 1. The van der Waals surface area contributed by atoms with Crippen LogP contribution in [0.5, 0.6) is 0 Å². The minimum Gasteiger partial charge on any atom is -0.481 e. The second-order valence-electron chi connectivity index (χ2n) is 4.34. The van der Waals surface area contributed by atoms with Crippen molar-refractivity contribution in [1.82, 2.24) is 0 Å². The average Bonchev–Trinajstić information content (AvgIpc) is 2.55. The summed E-state index contributed by atoms with van der Waals surface area (Å²) in [5.74, 6) is -1.20. The van der Waals surface area contributed by atoms with Crippen molar-refractivity contribution in [1.29, 1.82) is 0 Å². The molecular weight excluding hydrogens is 244 g/mol. The second kappa shape index (κ2) is 4.50. The highest BCUT2D eigenvalue weighted by molar-refractivity contribution is 7.99. The van der Waals surface area contributed by atoms with Gasteiger partial charge in [0, 0.05) is 9.79 Å². The molecule has 0 saturated heterocycles. The van der Waals surface area contributed by atoms with E-state index in [-0.39, 0.29) is 0 Å². The molecule has 1 unspecified atom stereocenters. The molecule has 2 aromatic carbocycles. The third-order valence-electron chi connectivity index (χ3n) is 3.21. The molecule has 18 heavy (non-hydrogen) atoms. The third-order valence-corrected chi connectivity index (χ3v) is 4.42. The lowest BCUT2D eigenvalue weighted by Gasteiger charge is -2.12. The van der Waals surface area contributed by atoms with Gasteiger partial charge in [-0.1, -0.05) is 48.2 Å². The number of carboxylic acids is 1. The van der Waals surface area contributed by atoms with Crippen molar-refractivity contribution in [2.75, 3.05) is 0 Å². The summed E-state index contributed by atoms with van der Waals surface area (Å²) in [4.78, 5) is 13.7. The molecule has 0 radical (unpaired) electrons. The molecule has 1 aliphatic rings. The van der Waals surface area contributed by atoms with Gasteiger partial charge < -0.3 is 5.11 Å². The van der Waals surface area contributed by atoms with Crippen molar-refractivity contribution < 1.29 is 9.90 Å². The molecule has 0 amide bonds. The monoisotopic (exact) mass is 256 g/mol. The maximum atomic E-state index is 11.5. The smallest absolute Gasteiger partial charge is 0.311 e. The molecule has 1 atom stereocenters. The van der Waals surface area contributed by atoms with Crippen LogP contribution in [0.2, 0.25) is 0 Å². The fourth-order valence-corrected chi connectivity index (χ4v) is 3.44. The molecule has 3 heteroatoms. The molecule has 1 heterocycles. The van der Waals surface area contributed by atoms with Crippen LogP contribution in [0.15, 0.2) is 58.3 Å². The average molecular weight is 256 g/mol. The molecule has 0 aromatic heterocycles. The molecule has 0 bridgehead atoms. The largest absolute Gasteiger partial charge is 0.481 e. The fraction of sp³-hybridized carbons (Fsp3) is 0.133. The quantitative estimate of drug-likeness (QED) is 0.847. The Labute approximate surface area is 110 Å². The van der Waals surface area contributed by atoms with Crippen molar-refractivity contribution in [2.24, 2.45) is 0 Å². The molecule has 90 valence electrons. The van der Waals surface area contributed by atoms with Gasteiger partial charge in [0.1, 0.15) is 0 Å². The van der Waals surface area contributed by atoms with Crippen LogP contribution < -0.4 is 0 Å². The van der Waals surface area contributed by atoms with Crippen LogP contribution in [0, 0.1) is 0 Å². The molecule has 2 nitrogen and oxygen atoms in total.